The summed E-state index contributed by atoms with van der Waals surface area (Å²) >= 11 is 0. The number of amides is 2. The molecule has 2 aromatic rings. The monoisotopic (exact) mass is 384 g/mol. The van der Waals surface area contributed by atoms with Crippen molar-refractivity contribution in [2.75, 3.05) is 13.1 Å². The zero-order valence-corrected chi connectivity index (χ0v) is 15.7. The molecule has 1 aromatic carbocycles. The Labute approximate surface area is 163 Å². The van der Waals surface area contributed by atoms with Crippen molar-refractivity contribution >= 4 is 11.8 Å². The molecule has 6 nitrogen and oxygen atoms in total. The molecular formula is C21H25FN4O2. The molecule has 0 saturated carbocycles. The fraction of sp³-hybridized carbons (Fsp3) is 0.381. The van der Waals surface area contributed by atoms with Crippen molar-refractivity contribution in [3.05, 3.63) is 65.7 Å². The van der Waals surface area contributed by atoms with Crippen LogP contribution in [0.4, 0.5) is 4.39 Å². The molecule has 2 heterocycles. The van der Waals surface area contributed by atoms with Crippen LogP contribution in [0, 0.1) is 5.82 Å². The minimum Gasteiger partial charge on any atom is -0.350 e. The van der Waals surface area contributed by atoms with E-state index in [1.807, 2.05) is 0 Å². The Bertz CT molecular complexity index is 815. The first-order valence-corrected chi connectivity index (χ1v) is 9.51. The summed E-state index contributed by atoms with van der Waals surface area (Å²) in [7, 11) is 0. The largest absolute Gasteiger partial charge is 0.350 e. The van der Waals surface area contributed by atoms with E-state index in [4.69, 9.17) is 5.73 Å². The average Bonchev–Trinajstić information content (AvgIpc) is 3.17. The standard InChI is InChI=1S/C21H25FN4O2/c22-19-6-2-1-4-16(19)12-17(23)13-20(27)26-11-3-5-18(26)14-25-21(28)15-7-9-24-10-8-15/h1-2,4,6-10,17-18H,3,5,11-14,23H2,(H,25,28)/t17?,18-/m0/s1. The molecule has 3 N–H and O–H groups in total. The number of aromatic nitrogens is 1. The maximum atomic E-state index is 13.8. The molecule has 7 heteroatoms. The molecule has 3 rings (SSSR count). The molecule has 148 valence electrons. The Morgan fingerprint density at radius 3 is 2.75 bits per heavy atom. The van der Waals surface area contributed by atoms with E-state index in [0.717, 1.165) is 12.8 Å². The molecule has 0 aliphatic carbocycles. The summed E-state index contributed by atoms with van der Waals surface area (Å²) in [5.41, 5.74) is 7.16. The van der Waals surface area contributed by atoms with Crippen molar-refractivity contribution in [3.8, 4) is 0 Å². The minimum atomic E-state index is -0.447. The van der Waals surface area contributed by atoms with Crippen LogP contribution >= 0.6 is 0 Å². The highest BCUT2D eigenvalue weighted by Crippen LogP contribution is 2.19. The zero-order chi connectivity index (χ0) is 19.9. The van der Waals surface area contributed by atoms with Crippen molar-refractivity contribution in [2.45, 2.75) is 37.8 Å². The van der Waals surface area contributed by atoms with Crippen LogP contribution in [-0.4, -0.2) is 46.9 Å². The highest BCUT2D eigenvalue weighted by Gasteiger charge is 2.29. The molecule has 0 radical (unpaired) electrons. The molecule has 1 aromatic heterocycles. The van der Waals surface area contributed by atoms with Crippen molar-refractivity contribution < 1.29 is 14.0 Å². The van der Waals surface area contributed by atoms with Gasteiger partial charge in [0, 0.05) is 49.6 Å². The lowest BCUT2D eigenvalue weighted by Gasteiger charge is -2.26. The van der Waals surface area contributed by atoms with Gasteiger partial charge in [0.15, 0.2) is 0 Å². The first kappa shape index (κ1) is 19.9. The van der Waals surface area contributed by atoms with Gasteiger partial charge in [-0.15, -0.1) is 0 Å². The Hall–Kier alpha value is -2.80. The summed E-state index contributed by atoms with van der Waals surface area (Å²) in [5, 5.41) is 2.88. The van der Waals surface area contributed by atoms with Crippen LogP contribution in [0.3, 0.4) is 0 Å². The number of halogens is 1. The van der Waals surface area contributed by atoms with Crippen LogP contribution in [0.2, 0.25) is 0 Å². The molecule has 0 spiro atoms. The number of likely N-dealkylation sites (tertiary alicyclic amines) is 1. The molecular weight excluding hydrogens is 359 g/mol. The Kier molecular flexibility index (Phi) is 6.71. The van der Waals surface area contributed by atoms with Gasteiger partial charge in [0.05, 0.1) is 0 Å². The number of hydrogen-bond acceptors (Lipinski definition) is 4. The highest BCUT2D eigenvalue weighted by molar-refractivity contribution is 5.94. The molecule has 2 atom stereocenters. The Morgan fingerprint density at radius 2 is 2.00 bits per heavy atom. The number of rotatable bonds is 7. The lowest BCUT2D eigenvalue weighted by atomic mass is 10.0. The summed E-state index contributed by atoms with van der Waals surface area (Å²) < 4.78 is 13.8. The maximum Gasteiger partial charge on any atom is 0.251 e. The van der Waals surface area contributed by atoms with Gasteiger partial charge in [0.1, 0.15) is 5.82 Å². The van der Waals surface area contributed by atoms with Gasteiger partial charge in [-0.3, -0.25) is 14.6 Å². The fourth-order valence-corrected chi connectivity index (χ4v) is 3.55. The van der Waals surface area contributed by atoms with Crippen LogP contribution in [0.1, 0.15) is 35.2 Å². The summed E-state index contributed by atoms with van der Waals surface area (Å²) in [6, 6.07) is 9.28. The Morgan fingerprint density at radius 1 is 1.25 bits per heavy atom. The summed E-state index contributed by atoms with van der Waals surface area (Å²) in [4.78, 5) is 30.6. The van der Waals surface area contributed by atoms with E-state index in [1.54, 1.807) is 47.6 Å². The third kappa shape index (κ3) is 5.13. The van der Waals surface area contributed by atoms with Gasteiger partial charge in [0.25, 0.3) is 5.91 Å². The number of nitrogens with zero attached hydrogens (tertiary/aromatic N) is 2. The van der Waals surface area contributed by atoms with Gasteiger partial charge in [-0.2, -0.15) is 0 Å². The lowest BCUT2D eigenvalue weighted by molar-refractivity contribution is -0.132. The first-order chi connectivity index (χ1) is 13.5. The van der Waals surface area contributed by atoms with E-state index in [-0.39, 0.29) is 30.1 Å². The number of benzene rings is 1. The smallest absolute Gasteiger partial charge is 0.251 e. The summed E-state index contributed by atoms with van der Waals surface area (Å²) in [5.74, 6) is -0.536. The molecule has 1 unspecified atom stereocenters. The van der Waals surface area contributed by atoms with Gasteiger partial charge in [0.2, 0.25) is 5.91 Å². The fourth-order valence-electron chi connectivity index (χ4n) is 3.55. The third-order valence-corrected chi connectivity index (χ3v) is 5.01. The molecule has 0 bridgehead atoms. The number of carbonyl (C=O) groups excluding carboxylic acids is 2. The summed E-state index contributed by atoms with van der Waals surface area (Å²) in [6.45, 7) is 1.05. The van der Waals surface area contributed by atoms with Crippen LogP contribution < -0.4 is 11.1 Å². The number of hydrogen-bond donors (Lipinski definition) is 2. The second-order valence-corrected chi connectivity index (χ2v) is 7.09. The van der Waals surface area contributed by atoms with Gasteiger partial charge in [-0.25, -0.2) is 4.39 Å². The molecule has 28 heavy (non-hydrogen) atoms. The minimum absolute atomic E-state index is 0.0426. The SMILES string of the molecule is NC(CC(=O)N1CCC[C@H]1CNC(=O)c1ccncc1)Cc1ccccc1F. The predicted molar refractivity (Wildman–Crippen MR) is 104 cm³/mol. The molecule has 2 amide bonds. The molecule has 1 aliphatic rings. The lowest BCUT2D eigenvalue weighted by Crippen LogP contribution is -2.45. The second kappa shape index (κ2) is 9.41. The highest BCUT2D eigenvalue weighted by atomic mass is 19.1. The number of carbonyl (C=O) groups is 2. The van der Waals surface area contributed by atoms with Crippen LogP contribution in [-0.2, 0) is 11.2 Å². The van der Waals surface area contributed by atoms with Gasteiger partial charge >= 0.3 is 0 Å². The Balaban J connectivity index is 1.51. The normalized spacial score (nSPS) is 17.4. The van der Waals surface area contributed by atoms with E-state index < -0.39 is 6.04 Å². The van der Waals surface area contributed by atoms with Crippen molar-refractivity contribution in [3.63, 3.8) is 0 Å². The number of nitrogens with one attached hydrogen (secondary N) is 1. The van der Waals surface area contributed by atoms with Gasteiger partial charge in [-0.1, -0.05) is 18.2 Å². The molecule has 1 saturated heterocycles. The second-order valence-electron chi connectivity index (χ2n) is 7.09. The van der Waals surface area contributed by atoms with E-state index in [0.29, 0.717) is 30.6 Å². The van der Waals surface area contributed by atoms with Gasteiger partial charge in [-0.05, 0) is 43.0 Å². The first-order valence-electron chi connectivity index (χ1n) is 9.51. The van der Waals surface area contributed by atoms with Crippen LogP contribution in [0.15, 0.2) is 48.8 Å². The zero-order valence-electron chi connectivity index (χ0n) is 15.7. The summed E-state index contributed by atoms with van der Waals surface area (Å²) in [6.07, 6.45) is 5.34. The van der Waals surface area contributed by atoms with E-state index in [2.05, 4.69) is 10.3 Å². The average molecular weight is 384 g/mol. The topological polar surface area (TPSA) is 88.3 Å². The molecule has 1 aliphatic heterocycles. The van der Waals surface area contributed by atoms with Crippen molar-refractivity contribution in [1.29, 1.82) is 0 Å². The van der Waals surface area contributed by atoms with Crippen molar-refractivity contribution in [2.24, 2.45) is 5.73 Å². The quantitative estimate of drug-likeness (QED) is 0.763. The van der Waals surface area contributed by atoms with E-state index >= 15 is 0 Å². The maximum absolute atomic E-state index is 13.8. The molecule has 1 fully saturated rings. The van der Waals surface area contributed by atoms with E-state index in [9.17, 15) is 14.0 Å². The van der Waals surface area contributed by atoms with Crippen LogP contribution in [0.25, 0.3) is 0 Å². The number of nitrogens with two attached hydrogens (primary N) is 1. The van der Waals surface area contributed by atoms with Crippen LogP contribution in [0.5, 0.6) is 0 Å². The third-order valence-electron chi connectivity index (χ3n) is 5.01. The number of pyridine rings is 1. The van der Waals surface area contributed by atoms with Crippen molar-refractivity contribution in [1.82, 2.24) is 15.2 Å². The van der Waals surface area contributed by atoms with E-state index in [1.165, 1.54) is 6.07 Å². The predicted octanol–water partition coefficient (Wildman–Crippen LogP) is 1.90. The van der Waals surface area contributed by atoms with Gasteiger partial charge < -0.3 is 16.0 Å².